The number of carbonyl (C=O) groups excluding carboxylic acids is 3. The highest BCUT2D eigenvalue weighted by molar-refractivity contribution is 6.31. The number of anilines is 1. The van der Waals surface area contributed by atoms with E-state index in [-0.39, 0.29) is 64.6 Å². The Morgan fingerprint density at radius 1 is 1.02 bits per heavy atom. The highest BCUT2D eigenvalue weighted by Crippen LogP contribution is 2.37. The lowest BCUT2D eigenvalue weighted by atomic mass is 10.1. The highest BCUT2D eigenvalue weighted by atomic mass is 35.5. The SMILES string of the molecule is C=C(CCNC(=O)COc1ccc(Cl)c(F)c1)NC(=O)C1CN(C(=O)c2ccc(OC(F)(F)F)cc2)c2cc(Cl)ccc2O1. The second kappa shape index (κ2) is 13.9. The molecule has 3 aromatic carbocycles. The van der Waals surface area contributed by atoms with Crippen molar-refractivity contribution in [3.05, 3.63) is 94.4 Å². The van der Waals surface area contributed by atoms with Gasteiger partial charge in [-0.1, -0.05) is 29.8 Å². The minimum Gasteiger partial charge on any atom is -0.484 e. The molecule has 1 unspecified atom stereocenters. The van der Waals surface area contributed by atoms with E-state index >= 15 is 0 Å². The molecule has 0 saturated carbocycles. The van der Waals surface area contributed by atoms with Crippen molar-refractivity contribution in [2.75, 3.05) is 24.6 Å². The molecule has 15 heteroatoms. The summed E-state index contributed by atoms with van der Waals surface area (Å²) in [6.45, 7) is 3.21. The van der Waals surface area contributed by atoms with Crippen LogP contribution in [0.4, 0.5) is 23.2 Å². The van der Waals surface area contributed by atoms with Crippen molar-refractivity contribution in [1.82, 2.24) is 10.6 Å². The van der Waals surface area contributed by atoms with Crippen LogP contribution in [0, 0.1) is 5.82 Å². The van der Waals surface area contributed by atoms with Gasteiger partial charge in [-0.25, -0.2) is 4.39 Å². The summed E-state index contributed by atoms with van der Waals surface area (Å²) in [5.74, 6) is -2.67. The van der Waals surface area contributed by atoms with Crippen molar-refractivity contribution in [1.29, 1.82) is 0 Å². The second-order valence-corrected chi connectivity index (χ2v) is 10.1. The molecule has 3 amide bonds. The number of benzene rings is 3. The standard InChI is InChI=1S/C29H23Cl2F4N3O6/c1-16(10-11-36-26(39)15-42-20-7-8-21(31)22(32)13-20)37-27(40)25-14-38(23-12-18(30)4-9-24(23)43-25)28(41)17-2-5-19(6-3-17)44-29(33,34)35/h2-9,12-13,25H,1,10-11,14-15H2,(H,36,39)(H,37,40). The second-order valence-electron chi connectivity index (χ2n) is 9.26. The summed E-state index contributed by atoms with van der Waals surface area (Å²) in [6.07, 6.45) is -5.95. The van der Waals surface area contributed by atoms with Gasteiger partial charge in [0.1, 0.15) is 23.1 Å². The van der Waals surface area contributed by atoms with Gasteiger partial charge < -0.3 is 29.7 Å². The molecule has 0 spiro atoms. The van der Waals surface area contributed by atoms with E-state index in [0.29, 0.717) is 0 Å². The molecular formula is C29H23Cl2F4N3O6. The normalized spacial score (nSPS) is 14.1. The number of carbonyl (C=O) groups is 3. The molecule has 0 fully saturated rings. The molecule has 1 atom stereocenters. The van der Waals surface area contributed by atoms with Crippen LogP contribution in [-0.4, -0.2) is 49.9 Å². The number of nitrogens with one attached hydrogen (secondary N) is 2. The van der Waals surface area contributed by atoms with Crippen molar-refractivity contribution in [3.8, 4) is 17.2 Å². The van der Waals surface area contributed by atoms with Gasteiger partial charge in [-0.05, 0) is 54.6 Å². The van der Waals surface area contributed by atoms with E-state index < -0.39 is 41.8 Å². The van der Waals surface area contributed by atoms with Gasteiger partial charge in [0.05, 0.1) is 17.3 Å². The number of nitrogens with zero attached hydrogens (tertiary/aromatic N) is 1. The van der Waals surface area contributed by atoms with E-state index in [1.807, 2.05) is 0 Å². The first-order valence-electron chi connectivity index (χ1n) is 12.8. The summed E-state index contributed by atoms with van der Waals surface area (Å²) in [5.41, 5.74) is 0.517. The van der Waals surface area contributed by atoms with Gasteiger partial charge in [0.25, 0.3) is 17.7 Å². The van der Waals surface area contributed by atoms with Crippen molar-refractivity contribution < 1.29 is 46.2 Å². The Morgan fingerprint density at radius 2 is 1.73 bits per heavy atom. The van der Waals surface area contributed by atoms with E-state index in [1.165, 1.54) is 35.2 Å². The monoisotopic (exact) mass is 655 g/mol. The van der Waals surface area contributed by atoms with E-state index in [4.69, 9.17) is 32.7 Å². The van der Waals surface area contributed by atoms with Crippen LogP contribution in [0.2, 0.25) is 10.0 Å². The molecule has 3 aromatic rings. The third-order valence-electron chi connectivity index (χ3n) is 6.01. The van der Waals surface area contributed by atoms with Gasteiger partial charge in [0.15, 0.2) is 12.7 Å². The summed E-state index contributed by atoms with van der Waals surface area (Å²) in [6, 6.07) is 12.5. The lowest BCUT2D eigenvalue weighted by molar-refractivity contribution is -0.274. The number of ether oxygens (including phenoxy) is 3. The quantitative estimate of drug-likeness (QED) is 0.273. The highest BCUT2D eigenvalue weighted by Gasteiger charge is 2.35. The van der Waals surface area contributed by atoms with Crippen LogP contribution in [0.25, 0.3) is 0 Å². The molecule has 4 rings (SSSR count). The van der Waals surface area contributed by atoms with Gasteiger partial charge in [-0.3, -0.25) is 14.4 Å². The van der Waals surface area contributed by atoms with Crippen LogP contribution in [0.3, 0.4) is 0 Å². The third kappa shape index (κ3) is 8.77. The molecule has 44 heavy (non-hydrogen) atoms. The molecule has 0 radical (unpaired) electrons. The number of amides is 3. The molecule has 1 aliphatic heterocycles. The van der Waals surface area contributed by atoms with Gasteiger partial charge >= 0.3 is 6.36 Å². The summed E-state index contributed by atoms with van der Waals surface area (Å²) >= 11 is 11.7. The molecule has 0 aliphatic carbocycles. The average molecular weight is 656 g/mol. The number of alkyl halides is 3. The van der Waals surface area contributed by atoms with Crippen LogP contribution in [-0.2, 0) is 9.59 Å². The predicted molar refractivity (Wildman–Crippen MR) is 152 cm³/mol. The molecule has 1 heterocycles. The first kappa shape index (κ1) is 32.4. The summed E-state index contributed by atoms with van der Waals surface area (Å²) in [5, 5.41) is 5.35. The lowest BCUT2D eigenvalue weighted by Gasteiger charge is -2.34. The van der Waals surface area contributed by atoms with Gasteiger partial charge in [0.2, 0.25) is 0 Å². The predicted octanol–water partition coefficient (Wildman–Crippen LogP) is 5.65. The summed E-state index contributed by atoms with van der Waals surface area (Å²) in [7, 11) is 0. The Hall–Kier alpha value is -4.49. The Bertz CT molecular complexity index is 1570. The average Bonchev–Trinajstić information content (AvgIpc) is 2.96. The molecule has 0 bridgehead atoms. The first-order chi connectivity index (χ1) is 20.8. The number of rotatable bonds is 10. The van der Waals surface area contributed by atoms with Crippen molar-refractivity contribution in [2.45, 2.75) is 18.9 Å². The van der Waals surface area contributed by atoms with Gasteiger partial charge in [-0.15, -0.1) is 13.2 Å². The van der Waals surface area contributed by atoms with Gasteiger partial charge in [-0.2, -0.15) is 0 Å². The van der Waals surface area contributed by atoms with Gasteiger partial charge in [0, 0.05) is 35.3 Å². The number of halogens is 6. The maximum atomic E-state index is 13.5. The Kier molecular flexibility index (Phi) is 10.2. The topological polar surface area (TPSA) is 106 Å². The van der Waals surface area contributed by atoms with Crippen LogP contribution < -0.4 is 29.7 Å². The number of hydrogen-bond donors (Lipinski definition) is 2. The Balaban J connectivity index is 1.33. The fraction of sp³-hybridized carbons (Fsp3) is 0.207. The maximum Gasteiger partial charge on any atom is 0.573 e. The molecule has 9 nitrogen and oxygen atoms in total. The van der Waals surface area contributed by atoms with Crippen molar-refractivity contribution in [2.24, 2.45) is 0 Å². The molecular weight excluding hydrogens is 633 g/mol. The Labute approximate surface area is 258 Å². The van der Waals surface area contributed by atoms with Crippen molar-refractivity contribution >= 4 is 46.6 Å². The summed E-state index contributed by atoms with van der Waals surface area (Å²) < 4.78 is 65.9. The van der Waals surface area contributed by atoms with Crippen LogP contribution >= 0.6 is 23.2 Å². The number of hydrogen-bond acceptors (Lipinski definition) is 6. The third-order valence-corrected chi connectivity index (χ3v) is 6.55. The van der Waals surface area contributed by atoms with Crippen LogP contribution in [0.5, 0.6) is 17.2 Å². The fourth-order valence-corrected chi connectivity index (χ4v) is 4.26. The largest absolute Gasteiger partial charge is 0.573 e. The van der Waals surface area contributed by atoms with E-state index in [2.05, 4.69) is 21.9 Å². The van der Waals surface area contributed by atoms with Crippen LogP contribution in [0.1, 0.15) is 16.8 Å². The maximum absolute atomic E-state index is 13.5. The smallest absolute Gasteiger partial charge is 0.484 e. The van der Waals surface area contributed by atoms with E-state index in [1.54, 1.807) is 0 Å². The minimum atomic E-state index is -4.89. The molecule has 0 aromatic heterocycles. The fourth-order valence-electron chi connectivity index (χ4n) is 3.98. The number of fused-ring (bicyclic) bond motifs is 1. The minimum absolute atomic E-state index is 0.0248. The molecule has 0 saturated heterocycles. The Morgan fingerprint density at radius 3 is 2.41 bits per heavy atom. The molecule has 2 N–H and O–H groups in total. The summed E-state index contributed by atoms with van der Waals surface area (Å²) in [4.78, 5) is 39.7. The zero-order valence-electron chi connectivity index (χ0n) is 22.6. The lowest BCUT2D eigenvalue weighted by Crippen LogP contribution is -2.50. The molecule has 1 aliphatic rings. The van der Waals surface area contributed by atoms with Crippen LogP contribution in [0.15, 0.2) is 72.9 Å². The van der Waals surface area contributed by atoms with E-state index in [9.17, 15) is 31.9 Å². The van der Waals surface area contributed by atoms with E-state index in [0.717, 1.165) is 30.3 Å². The molecule has 232 valence electrons. The zero-order chi connectivity index (χ0) is 32.0. The van der Waals surface area contributed by atoms with Crippen molar-refractivity contribution in [3.63, 3.8) is 0 Å². The zero-order valence-corrected chi connectivity index (χ0v) is 24.1. The first-order valence-corrected chi connectivity index (χ1v) is 13.5.